The largest absolute Gasteiger partial charge is 0.469 e. The lowest BCUT2D eigenvalue weighted by Crippen LogP contribution is -2.35. The van der Waals surface area contributed by atoms with Gasteiger partial charge in [-0.2, -0.15) is 0 Å². The van der Waals surface area contributed by atoms with E-state index < -0.39 is 25.0 Å². The molecule has 1 fully saturated rings. The molecule has 0 amide bonds. The first-order valence-corrected chi connectivity index (χ1v) is 25.6. The van der Waals surface area contributed by atoms with Crippen molar-refractivity contribution in [1.29, 1.82) is 0 Å². The van der Waals surface area contributed by atoms with Crippen LogP contribution < -0.4 is 0 Å². The fourth-order valence-corrected chi connectivity index (χ4v) is 8.95. The minimum absolute atomic E-state index is 0.102. The molecule has 0 aromatic heterocycles. The van der Waals surface area contributed by atoms with Gasteiger partial charge in [0.15, 0.2) is 25.0 Å². The molecule has 0 radical (unpaired) electrons. The molecule has 1 aliphatic rings. The van der Waals surface area contributed by atoms with Gasteiger partial charge in [-0.1, -0.05) is 57.6 Å². The lowest BCUT2D eigenvalue weighted by Gasteiger charge is -2.31. The highest BCUT2D eigenvalue weighted by molar-refractivity contribution is 6.70. The van der Waals surface area contributed by atoms with Crippen LogP contribution in [0.1, 0.15) is 77.6 Å². The van der Waals surface area contributed by atoms with Crippen LogP contribution in [0.2, 0.25) is 58.9 Å². The number of ether oxygens (including phenoxy) is 1. The highest BCUT2D eigenvalue weighted by Gasteiger charge is 2.45. The lowest BCUT2D eigenvalue weighted by molar-refractivity contribution is -0.140. The van der Waals surface area contributed by atoms with E-state index in [1.54, 1.807) is 0 Å². The average molecular weight is 587 g/mol. The molecule has 0 aromatic carbocycles. The summed E-state index contributed by atoms with van der Waals surface area (Å²) >= 11 is 0. The van der Waals surface area contributed by atoms with Gasteiger partial charge in [0.1, 0.15) is 0 Å². The Morgan fingerprint density at radius 2 is 1.42 bits per heavy atom. The quantitative estimate of drug-likeness (QED) is 0.0654. The summed E-state index contributed by atoms with van der Waals surface area (Å²) < 4.78 is 25.1. The number of carbonyl (C=O) groups excluding carboxylic acids is 1. The molecule has 224 valence electrons. The molecule has 0 N–H and O–H groups in total. The molecule has 0 bridgehead atoms. The van der Waals surface area contributed by atoms with Crippen LogP contribution in [-0.2, 0) is 22.8 Å². The SMILES string of the molecule is CCCCC[C@@H](/C=C/[C@@H]1[C@@H](CCCCCCC(=O)OC)[C@@H](O[Si](C)(C)C)C[C@H]1O[Si](C)(C)C)O[Si](C)(C)C. The van der Waals surface area contributed by atoms with Gasteiger partial charge < -0.3 is 18.0 Å². The van der Waals surface area contributed by atoms with E-state index in [4.69, 9.17) is 18.0 Å². The molecule has 0 unspecified atom stereocenters. The first-order valence-electron chi connectivity index (χ1n) is 15.3. The van der Waals surface area contributed by atoms with Crippen LogP contribution >= 0.6 is 0 Å². The summed E-state index contributed by atoms with van der Waals surface area (Å²) in [5, 5.41) is 0. The monoisotopic (exact) mass is 586 g/mol. The minimum atomic E-state index is -1.71. The number of carbonyl (C=O) groups is 1. The molecule has 5 nitrogen and oxygen atoms in total. The summed E-state index contributed by atoms with van der Waals surface area (Å²) in [6.07, 6.45) is 17.3. The van der Waals surface area contributed by atoms with E-state index >= 15 is 0 Å². The highest BCUT2D eigenvalue weighted by Crippen LogP contribution is 2.43. The van der Waals surface area contributed by atoms with Crippen molar-refractivity contribution in [3.8, 4) is 0 Å². The topological polar surface area (TPSA) is 54.0 Å². The van der Waals surface area contributed by atoms with Crippen LogP contribution in [0.25, 0.3) is 0 Å². The maximum atomic E-state index is 11.5. The van der Waals surface area contributed by atoms with Gasteiger partial charge in [0.25, 0.3) is 0 Å². The zero-order chi connectivity index (χ0) is 29.0. The van der Waals surface area contributed by atoms with E-state index in [0.29, 0.717) is 18.3 Å². The molecule has 0 saturated heterocycles. The normalized spacial score (nSPS) is 23.8. The van der Waals surface area contributed by atoms with Gasteiger partial charge in [-0.3, -0.25) is 4.79 Å². The fraction of sp³-hybridized carbons (Fsp3) is 0.900. The molecular formula is C30H62O5Si3. The van der Waals surface area contributed by atoms with Crippen LogP contribution in [0.3, 0.4) is 0 Å². The van der Waals surface area contributed by atoms with Crippen molar-refractivity contribution in [1.82, 2.24) is 0 Å². The van der Waals surface area contributed by atoms with Crippen LogP contribution in [0.15, 0.2) is 12.2 Å². The minimum Gasteiger partial charge on any atom is -0.469 e. The maximum Gasteiger partial charge on any atom is 0.305 e. The lowest BCUT2D eigenvalue weighted by atomic mass is 9.87. The third kappa shape index (κ3) is 16.1. The van der Waals surface area contributed by atoms with Crippen molar-refractivity contribution in [3.63, 3.8) is 0 Å². The third-order valence-electron chi connectivity index (χ3n) is 6.92. The van der Waals surface area contributed by atoms with Gasteiger partial charge in [0.05, 0.1) is 25.4 Å². The van der Waals surface area contributed by atoms with Gasteiger partial charge >= 0.3 is 5.97 Å². The van der Waals surface area contributed by atoms with E-state index in [-0.39, 0.29) is 24.3 Å². The summed E-state index contributed by atoms with van der Waals surface area (Å²) in [5.74, 6) is 0.718. The Labute approximate surface area is 239 Å². The number of hydrogen-bond donors (Lipinski definition) is 0. The maximum absolute atomic E-state index is 11.5. The molecule has 1 aliphatic carbocycles. The first kappa shape index (κ1) is 35.8. The van der Waals surface area contributed by atoms with Gasteiger partial charge in [-0.25, -0.2) is 0 Å². The molecular weight excluding hydrogens is 525 g/mol. The Balaban J connectivity index is 3.11. The summed E-state index contributed by atoms with van der Waals surface area (Å²) in [5.41, 5.74) is 0. The predicted molar refractivity (Wildman–Crippen MR) is 169 cm³/mol. The number of unbranched alkanes of at least 4 members (excludes halogenated alkanes) is 5. The second-order valence-electron chi connectivity index (χ2n) is 14.2. The molecule has 8 heteroatoms. The number of methoxy groups -OCH3 is 1. The van der Waals surface area contributed by atoms with Crippen LogP contribution in [0.4, 0.5) is 0 Å². The van der Waals surface area contributed by atoms with Crippen molar-refractivity contribution < 1.29 is 22.8 Å². The molecule has 38 heavy (non-hydrogen) atoms. The van der Waals surface area contributed by atoms with E-state index in [1.165, 1.54) is 26.4 Å². The van der Waals surface area contributed by atoms with E-state index in [2.05, 4.69) is 78.0 Å². The van der Waals surface area contributed by atoms with Crippen molar-refractivity contribution in [3.05, 3.63) is 12.2 Å². The highest BCUT2D eigenvalue weighted by atomic mass is 28.4. The molecule has 5 atom stereocenters. The second kappa shape index (κ2) is 16.9. The average Bonchev–Trinajstić information content (AvgIpc) is 3.05. The van der Waals surface area contributed by atoms with Crippen molar-refractivity contribution >= 4 is 30.9 Å². The van der Waals surface area contributed by atoms with Crippen molar-refractivity contribution in [2.75, 3.05) is 7.11 Å². The zero-order valence-corrected chi connectivity index (χ0v) is 29.9. The number of rotatable bonds is 19. The molecule has 0 spiro atoms. The standard InChI is InChI=1S/C30H62O5Si3/c1-12-13-16-19-25(33-36(3,4)5)22-23-27-26(20-17-14-15-18-21-30(31)32-2)28(34-37(6,7)8)24-29(27)35-38(9,10)11/h22-23,25-29H,12-21,24H2,1-11H3/b23-22+/t25-,26+,27+,28-,29+/m0/s1. The van der Waals surface area contributed by atoms with E-state index in [9.17, 15) is 4.79 Å². The first-order chi connectivity index (χ1) is 17.5. The fourth-order valence-electron chi connectivity index (χ4n) is 5.50. The van der Waals surface area contributed by atoms with Gasteiger partial charge in [-0.15, -0.1) is 0 Å². The molecule has 1 rings (SSSR count). The predicted octanol–water partition coefficient (Wildman–Crippen LogP) is 8.93. The Hall–Kier alpha value is -0.259. The van der Waals surface area contributed by atoms with E-state index in [0.717, 1.165) is 44.9 Å². The number of hydrogen-bond acceptors (Lipinski definition) is 5. The molecule has 1 saturated carbocycles. The van der Waals surface area contributed by atoms with E-state index in [1.807, 2.05) is 0 Å². The molecule has 0 aromatic rings. The number of esters is 1. The zero-order valence-electron chi connectivity index (χ0n) is 26.9. The summed E-state index contributed by atoms with van der Waals surface area (Å²) in [6.45, 7) is 23.0. The summed E-state index contributed by atoms with van der Waals surface area (Å²) in [6, 6.07) is 0. The Morgan fingerprint density at radius 3 is 1.97 bits per heavy atom. The molecule has 0 heterocycles. The molecule has 0 aliphatic heterocycles. The summed E-state index contributed by atoms with van der Waals surface area (Å²) in [4.78, 5) is 11.5. The second-order valence-corrected chi connectivity index (χ2v) is 27.6. The van der Waals surface area contributed by atoms with Crippen LogP contribution in [0, 0.1) is 11.8 Å². The smallest absolute Gasteiger partial charge is 0.305 e. The van der Waals surface area contributed by atoms with Gasteiger partial charge in [-0.05, 0) is 90.5 Å². The van der Waals surface area contributed by atoms with Gasteiger partial charge in [0.2, 0.25) is 0 Å². The Morgan fingerprint density at radius 1 is 0.816 bits per heavy atom. The Bertz CT molecular complexity index is 693. The third-order valence-corrected chi connectivity index (χ3v) is 9.95. The Kier molecular flexibility index (Phi) is 15.9. The van der Waals surface area contributed by atoms with Crippen molar-refractivity contribution in [2.24, 2.45) is 11.8 Å². The van der Waals surface area contributed by atoms with Crippen LogP contribution in [-0.4, -0.2) is 56.3 Å². The summed E-state index contributed by atoms with van der Waals surface area (Å²) in [7, 11) is -3.59. The van der Waals surface area contributed by atoms with Gasteiger partial charge in [0, 0.05) is 12.3 Å². The van der Waals surface area contributed by atoms with Crippen molar-refractivity contribution in [2.45, 2.75) is 155 Å². The van der Waals surface area contributed by atoms with Crippen LogP contribution in [0.5, 0.6) is 0 Å².